The predicted molar refractivity (Wildman–Crippen MR) is 36.4 cm³/mol. The quantitative estimate of drug-likeness (QED) is 0.490. The van der Waals surface area contributed by atoms with Gasteiger partial charge in [-0.2, -0.15) is 0 Å². The molecule has 1 aliphatic heterocycles. The monoisotopic (exact) mass is 111 g/mol. The normalized spacial score (nSPS) is 28.2. The minimum absolute atomic E-state index is 0.815. The summed E-state index contributed by atoms with van der Waals surface area (Å²) in [7, 11) is 0. The molecule has 1 rings (SSSR count). The second kappa shape index (κ2) is 2.29. The van der Waals surface area contributed by atoms with Gasteiger partial charge >= 0.3 is 0 Å². The smallest absolute Gasteiger partial charge is 0.0394 e. The molecular formula is C7H13N. The van der Waals surface area contributed by atoms with Crippen molar-refractivity contribution in [1.82, 2.24) is 0 Å². The van der Waals surface area contributed by atoms with Gasteiger partial charge < -0.3 is 0 Å². The van der Waals surface area contributed by atoms with E-state index < -0.39 is 0 Å². The predicted octanol–water partition coefficient (Wildman–Crippen LogP) is 1.88. The van der Waals surface area contributed by atoms with Crippen LogP contribution in [0.4, 0.5) is 0 Å². The van der Waals surface area contributed by atoms with E-state index in [1.54, 1.807) is 0 Å². The summed E-state index contributed by atoms with van der Waals surface area (Å²) < 4.78 is 0. The maximum absolute atomic E-state index is 4.31. The lowest BCUT2D eigenvalue weighted by atomic mass is 10.0. The lowest BCUT2D eigenvalue weighted by Gasteiger charge is -2.02. The minimum Gasteiger partial charge on any atom is -0.294 e. The van der Waals surface area contributed by atoms with Crippen LogP contribution in [-0.2, 0) is 0 Å². The van der Waals surface area contributed by atoms with E-state index in [1.165, 1.54) is 18.6 Å². The van der Waals surface area contributed by atoms with Crippen LogP contribution < -0.4 is 0 Å². The Labute approximate surface area is 50.8 Å². The number of rotatable bonds is 1. The molecule has 0 N–H and O–H groups in total. The van der Waals surface area contributed by atoms with E-state index in [2.05, 4.69) is 18.8 Å². The lowest BCUT2D eigenvalue weighted by Crippen LogP contribution is -2.02. The van der Waals surface area contributed by atoms with Crippen LogP contribution in [0.15, 0.2) is 4.99 Å². The van der Waals surface area contributed by atoms with Gasteiger partial charge in [0, 0.05) is 12.3 Å². The Bertz CT molecular complexity index is 105. The molecule has 0 radical (unpaired) electrons. The third-order valence-electron chi connectivity index (χ3n) is 1.92. The highest BCUT2D eigenvalue weighted by Crippen LogP contribution is 2.16. The largest absolute Gasteiger partial charge is 0.294 e. The van der Waals surface area contributed by atoms with Crippen molar-refractivity contribution in [2.24, 2.45) is 10.9 Å². The van der Waals surface area contributed by atoms with Gasteiger partial charge in [-0.15, -0.1) is 0 Å². The molecule has 0 bridgehead atoms. The van der Waals surface area contributed by atoms with Gasteiger partial charge in [0.15, 0.2) is 0 Å². The molecule has 1 nitrogen and oxygen atoms in total. The molecule has 1 unspecified atom stereocenters. The highest BCUT2D eigenvalue weighted by Gasteiger charge is 2.13. The summed E-state index contributed by atoms with van der Waals surface area (Å²) in [5.41, 5.74) is 1.37. The van der Waals surface area contributed by atoms with Crippen LogP contribution >= 0.6 is 0 Å². The number of hydrogen-bond acceptors (Lipinski definition) is 1. The molecule has 0 saturated carbocycles. The average Bonchev–Trinajstić information content (AvgIpc) is 2.14. The van der Waals surface area contributed by atoms with Gasteiger partial charge in [0.2, 0.25) is 0 Å². The van der Waals surface area contributed by atoms with Crippen LogP contribution in [0.5, 0.6) is 0 Å². The van der Waals surface area contributed by atoms with Crippen LogP contribution in [-0.4, -0.2) is 12.3 Å². The van der Waals surface area contributed by atoms with Crippen LogP contribution in [0.2, 0.25) is 0 Å². The molecule has 1 heterocycles. The maximum Gasteiger partial charge on any atom is 0.0394 e. The molecule has 0 aromatic carbocycles. The van der Waals surface area contributed by atoms with E-state index in [0.29, 0.717) is 0 Å². The van der Waals surface area contributed by atoms with E-state index in [1.807, 2.05) is 0 Å². The molecule has 0 aromatic heterocycles. The van der Waals surface area contributed by atoms with E-state index in [9.17, 15) is 0 Å². The molecule has 0 spiro atoms. The van der Waals surface area contributed by atoms with Gasteiger partial charge in [0.05, 0.1) is 0 Å². The SMILES string of the molecule is CCC1CCN=C1C. The topological polar surface area (TPSA) is 12.4 Å². The first-order chi connectivity index (χ1) is 3.84. The van der Waals surface area contributed by atoms with Crippen molar-refractivity contribution in [3.05, 3.63) is 0 Å². The molecule has 0 fully saturated rings. The Morgan fingerprint density at radius 3 is 2.75 bits per heavy atom. The molecular weight excluding hydrogens is 98.1 g/mol. The van der Waals surface area contributed by atoms with Crippen molar-refractivity contribution in [2.75, 3.05) is 6.54 Å². The van der Waals surface area contributed by atoms with Crippen molar-refractivity contribution >= 4 is 5.71 Å². The standard InChI is InChI=1S/C7H13N/c1-3-7-4-5-8-6(7)2/h7H,3-5H2,1-2H3. The minimum atomic E-state index is 0.815. The van der Waals surface area contributed by atoms with Gasteiger partial charge in [0.25, 0.3) is 0 Å². The van der Waals surface area contributed by atoms with Crippen LogP contribution in [0, 0.1) is 5.92 Å². The highest BCUT2D eigenvalue weighted by atomic mass is 14.8. The number of hydrogen-bond donors (Lipinski definition) is 0. The molecule has 46 valence electrons. The molecule has 1 heteroatoms. The summed E-state index contributed by atoms with van der Waals surface area (Å²) in [4.78, 5) is 4.31. The average molecular weight is 111 g/mol. The first kappa shape index (κ1) is 5.80. The van der Waals surface area contributed by atoms with E-state index in [-0.39, 0.29) is 0 Å². The number of aliphatic imine (C=N–C) groups is 1. The van der Waals surface area contributed by atoms with Crippen molar-refractivity contribution in [2.45, 2.75) is 26.7 Å². The Morgan fingerprint density at radius 1 is 1.75 bits per heavy atom. The van der Waals surface area contributed by atoms with Crippen LogP contribution in [0.25, 0.3) is 0 Å². The summed E-state index contributed by atoms with van der Waals surface area (Å²) in [5, 5.41) is 0. The van der Waals surface area contributed by atoms with Gasteiger partial charge in [-0.25, -0.2) is 0 Å². The summed E-state index contributed by atoms with van der Waals surface area (Å²) >= 11 is 0. The summed E-state index contributed by atoms with van der Waals surface area (Å²) in [6.45, 7) is 5.44. The van der Waals surface area contributed by atoms with Crippen LogP contribution in [0.3, 0.4) is 0 Å². The van der Waals surface area contributed by atoms with Crippen molar-refractivity contribution in [3.8, 4) is 0 Å². The lowest BCUT2D eigenvalue weighted by molar-refractivity contribution is 0.654. The molecule has 0 amide bonds. The van der Waals surface area contributed by atoms with Gasteiger partial charge in [-0.3, -0.25) is 4.99 Å². The van der Waals surface area contributed by atoms with Gasteiger partial charge in [-0.1, -0.05) is 6.92 Å². The molecule has 1 aliphatic rings. The third-order valence-corrected chi connectivity index (χ3v) is 1.92. The fourth-order valence-corrected chi connectivity index (χ4v) is 1.23. The molecule has 0 aromatic rings. The fourth-order valence-electron chi connectivity index (χ4n) is 1.23. The van der Waals surface area contributed by atoms with Crippen LogP contribution in [0.1, 0.15) is 26.7 Å². The first-order valence-electron chi connectivity index (χ1n) is 3.35. The number of nitrogens with zero attached hydrogens (tertiary/aromatic N) is 1. The van der Waals surface area contributed by atoms with Crippen molar-refractivity contribution < 1.29 is 0 Å². The zero-order valence-corrected chi connectivity index (χ0v) is 5.65. The van der Waals surface area contributed by atoms with Gasteiger partial charge in [0.1, 0.15) is 0 Å². The highest BCUT2D eigenvalue weighted by molar-refractivity contribution is 5.85. The van der Waals surface area contributed by atoms with E-state index >= 15 is 0 Å². The van der Waals surface area contributed by atoms with Gasteiger partial charge in [-0.05, 0) is 25.7 Å². The molecule has 1 atom stereocenters. The summed E-state index contributed by atoms with van der Waals surface area (Å²) in [6.07, 6.45) is 2.57. The first-order valence-corrected chi connectivity index (χ1v) is 3.35. The Balaban J connectivity index is 2.46. The third kappa shape index (κ3) is 0.908. The maximum atomic E-state index is 4.31. The summed E-state index contributed by atoms with van der Waals surface area (Å²) in [5.74, 6) is 0.815. The zero-order chi connectivity index (χ0) is 5.98. The Hall–Kier alpha value is -0.330. The second-order valence-electron chi connectivity index (χ2n) is 2.42. The molecule has 0 saturated heterocycles. The zero-order valence-electron chi connectivity index (χ0n) is 5.65. The summed E-state index contributed by atoms with van der Waals surface area (Å²) in [6, 6.07) is 0. The Kier molecular flexibility index (Phi) is 1.66. The molecule has 0 aliphatic carbocycles. The van der Waals surface area contributed by atoms with E-state index in [4.69, 9.17) is 0 Å². The van der Waals surface area contributed by atoms with E-state index in [0.717, 1.165) is 12.5 Å². The molecule has 8 heavy (non-hydrogen) atoms. The van der Waals surface area contributed by atoms with Crippen molar-refractivity contribution in [1.29, 1.82) is 0 Å². The Morgan fingerprint density at radius 2 is 2.50 bits per heavy atom. The van der Waals surface area contributed by atoms with Crippen molar-refractivity contribution in [3.63, 3.8) is 0 Å². The second-order valence-corrected chi connectivity index (χ2v) is 2.42. The fraction of sp³-hybridized carbons (Fsp3) is 0.857.